The number of hydrogen-bond acceptors (Lipinski definition) is 4. The summed E-state index contributed by atoms with van der Waals surface area (Å²) >= 11 is 0. The first-order chi connectivity index (χ1) is 11.7. The van der Waals surface area contributed by atoms with E-state index in [2.05, 4.69) is 11.9 Å². The molecule has 0 aliphatic carbocycles. The van der Waals surface area contributed by atoms with Crippen LogP contribution in [0.4, 0.5) is 0 Å². The van der Waals surface area contributed by atoms with E-state index in [1.807, 2.05) is 18.2 Å². The van der Waals surface area contributed by atoms with Crippen molar-refractivity contribution >= 4 is 11.8 Å². The highest BCUT2D eigenvalue weighted by molar-refractivity contribution is 5.87. The SMILES string of the molecule is C=CC(=O)N1CCC(C(=O)NCc2ccc3c(c2)OCCO3)CC1. The lowest BCUT2D eigenvalue weighted by molar-refractivity contribution is -0.132. The van der Waals surface area contributed by atoms with Crippen molar-refractivity contribution in [3.8, 4) is 11.5 Å². The number of carbonyl (C=O) groups is 2. The highest BCUT2D eigenvalue weighted by Crippen LogP contribution is 2.30. The Balaban J connectivity index is 1.49. The number of likely N-dealkylation sites (tertiary alicyclic amines) is 1. The fourth-order valence-corrected chi connectivity index (χ4v) is 3.02. The number of carbonyl (C=O) groups excluding carboxylic acids is 2. The molecule has 6 nitrogen and oxygen atoms in total. The Morgan fingerprint density at radius 3 is 2.62 bits per heavy atom. The van der Waals surface area contributed by atoms with Crippen molar-refractivity contribution in [2.75, 3.05) is 26.3 Å². The predicted molar refractivity (Wildman–Crippen MR) is 88.8 cm³/mol. The summed E-state index contributed by atoms with van der Waals surface area (Å²) in [4.78, 5) is 25.6. The van der Waals surface area contributed by atoms with Crippen LogP contribution in [0.5, 0.6) is 11.5 Å². The van der Waals surface area contributed by atoms with Crippen LogP contribution in [0.3, 0.4) is 0 Å². The van der Waals surface area contributed by atoms with Gasteiger partial charge in [-0.05, 0) is 36.6 Å². The molecular formula is C18H22N2O4. The zero-order valence-electron chi connectivity index (χ0n) is 13.6. The third-order valence-electron chi connectivity index (χ3n) is 4.43. The first kappa shape index (κ1) is 16.4. The van der Waals surface area contributed by atoms with Gasteiger partial charge in [0.05, 0.1) is 0 Å². The topological polar surface area (TPSA) is 67.9 Å². The third-order valence-corrected chi connectivity index (χ3v) is 4.43. The van der Waals surface area contributed by atoms with Gasteiger partial charge in [0.25, 0.3) is 0 Å². The molecule has 0 unspecified atom stereocenters. The van der Waals surface area contributed by atoms with E-state index in [1.165, 1.54) is 6.08 Å². The van der Waals surface area contributed by atoms with Gasteiger partial charge in [-0.15, -0.1) is 0 Å². The third kappa shape index (κ3) is 3.69. The van der Waals surface area contributed by atoms with Crippen LogP contribution in [0.2, 0.25) is 0 Å². The molecule has 2 aliphatic rings. The van der Waals surface area contributed by atoms with Gasteiger partial charge in [0.15, 0.2) is 11.5 Å². The number of nitrogens with zero attached hydrogens (tertiary/aromatic N) is 1. The van der Waals surface area contributed by atoms with Crippen molar-refractivity contribution in [2.24, 2.45) is 5.92 Å². The smallest absolute Gasteiger partial charge is 0.245 e. The molecule has 0 spiro atoms. The van der Waals surface area contributed by atoms with Gasteiger partial charge in [0.2, 0.25) is 11.8 Å². The van der Waals surface area contributed by atoms with E-state index in [0.29, 0.717) is 45.7 Å². The summed E-state index contributed by atoms with van der Waals surface area (Å²) in [5.41, 5.74) is 0.979. The molecule has 3 rings (SSSR count). The van der Waals surface area contributed by atoms with Crippen molar-refractivity contribution in [1.82, 2.24) is 10.2 Å². The lowest BCUT2D eigenvalue weighted by Gasteiger charge is -2.30. The normalized spacial score (nSPS) is 17.2. The molecule has 1 N–H and O–H groups in total. The van der Waals surface area contributed by atoms with Crippen molar-refractivity contribution in [3.63, 3.8) is 0 Å². The monoisotopic (exact) mass is 330 g/mol. The van der Waals surface area contributed by atoms with E-state index in [-0.39, 0.29) is 17.7 Å². The Morgan fingerprint density at radius 2 is 1.92 bits per heavy atom. The molecule has 0 aromatic heterocycles. The highest BCUT2D eigenvalue weighted by Gasteiger charge is 2.26. The lowest BCUT2D eigenvalue weighted by Crippen LogP contribution is -2.42. The number of hydrogen-bond donors (Lipinski definition) is 1. The molecule has 1 fully saturated rings. The first-order valence-electron chi connectivity index (χ1n) is 8.25. The minimum absolute atomic E-state index is 0.0376. The Hall–Kier alpha value is -2.50. The number of rotatable bonds is 4. The van der Waals surface area contributed by atoms with Crippen LogP contribution in [0, 0.1) is 5.92 Å². The minimum Gasteiger partial charge on any atom is -0.486 e. The van der Waals surface area contributed by atoms with Gasteiger partial charge in [-0.3, -0.25) is 9.59 Å². The second-order valence-corrected chi connectivity index (χ2v) is 6.00. The molecule has 2 amide bonds. The number of nitrogens with one attached hydrogen (secondary N) is 1. The first-order valence-corrected chi connectivity index (χ1v) is 8.25. The molecule has 0 atom stereocenters. The van der Waals surface area contributed by atoms with Gasteiger partial charge < -0.3 is 19.7 Å². The second-order valence-electron chi connectivity index (χ2n) is 6.00. The van der Waals surface area contributed by atoms with Crippen LogP contribution < -0.4 is 14.8 Å². The maximum Gasteiger partial charge on any atom is 0.245 e. The average molecular weight is 330 g/mol. The summed E-state index contributed by atoms with van der Waals surface area (Å²) in [6.45, 7) is 6.27. The highest BCUT2D eigenvalue weighted by atomic mass is 16.6. The predicted octanol–water partition coefficient (Wildman–Crippen LogP) is 1.50. The Labute approximate surface area is 141 Å². The molecule has 1 aromatic rings. The molecule has 1 aromatic carbocycles. The molecule has 2 heterocycles. The fraction of sp³-hybridized carbons (Fsp3) is 0.444. The van der Waals surface area contributed by atoms with E-state index in [9.17, 15) is 9.59 Å². The summed E-state index contributed by atoms with van der Waals surface area (Å²) in [5, 5.41) is 2.97. The van der Waals surface area contributed by atoms with E-state index in [0.717, 1.165) is 17.1 Å². The fourth-order valence-electron chi connectivity index (χ4n) is 3.02. The van der Waals surface area contributed by atoms with Crippen molar-refractivity contribution < 1.29 is 19.1 Å². The van der Waals surface area contributed by atoms with Gasteiger partial charge in [-0.1, -0.05) is 12.6 Å². The molecule has 24 heavy (non-hydrogen) atoms. The van der Waals surface area contributed by atoms with E-state index >= 15 is 0 Å². The van der Waals surface area contributed by atoms with Crippen LogP contribution in [0.25, 0.3) is 0 Å². The van der Waals surface area contributed by atoms with E-state index in [1.54, 1.807) is 4.90 Å². The van der Waals surface area contributed by atoms with Gasteiger partial charge in [0, 0.05) is 25.6 Å². The van der Waals surface area contributed by atoms with Gasteiger partial charge in [-0.2, -0.15) is 0 Å². The molecule has 0 saturated carbocycles. The van der Waals surface area contributed by atoms with Crippen LogP contribution in [-0.4, -0.2) is 43.0 Å². The van der Waals surface area contributed by atoms with Gasteiger partial charge in [-0.25, -0.2) is 0 Å². The van der Waals surface area contributed by atoms with Crippen molar-refractivity contribution in [3.05, 3.63) is 36.4 Å². The molecule has 2 aliphatic heterocycles. The van der Waals surface area contributed by atoms with E-state index < -0.39 is 0 Å². The summed E-state index contributed by atoms with van der Waals surface area (Å²) in [7, 11) is 0. The van der Waals surface area contributed by atoms with Crippen LogP contribution in [0.1, 0.15) is 18.4 Å². The molecule has 1 saturated heterocycles. The number of fused-ring (bicyclic) bond motifs is 1. The molecule has 0 radical (unpaired) electrons. The van der Waals surface area contributed by atoms with Gasteiger partial charge in [0.1, 0.15) is 13.2 Å². The lowest BCUT2D eigenvalue weighted by atomic mass is 9.95. The zero-order chi connectivity index (χ0) is 16.9. The number of amides is 2. The van der Waals surface area contributed by atoms with Crippen LogP contribution >= 0.6 is 0 Å². The quantitative estimate of drug-likeness (QED) is 0.850. The Bertz CT molecular complexity index is 636. The van der Waals surface area contributed by atoms with Crippen LogP contribution in [-0.2, 0) is 16.1 Å². The molecular weight excluding hydrogens is 308 g/mol. The van der Waals surface area contributed by atoms with Gasteiger partial charge >= 0.3 is 0 Å². The number of ether oxygens (including phenoxy) is 2. The number of piperidine rings is 1. The maximum absolute atomic E-state index is 12.3. The largest absolute Gasteiger partial charge is 0.486 e. The number of benzene rings is 1. The Kier molecular flexibility index (Phi) is 5.03. The van der Waals surface area contributed by atoms with Crippen LogP contribution in [0.15, 0.2) is 30.9 Å². The summed E-state index contributed by atoms with van der Waals surface area (Å²) < 4.78 is 11.0. The second kappa shape index (κ2) is 7.38. The van der Waals surface area contributed by atoms with E-state index in [4.69, 9.17) is 9.47 Å². The maximum atomic E-state index is 12.3. The summed E-state index contributed by atoms with van der Waals surface area (Å²) in [6.07, 6.45) is 2.70. The summed E-state index contributed by atoms with van der Waals surface area (Å²) in [5.74, 6) is 1.40. The zero-order valence-corrected chi connectivity index (χ0v) is 13.6. The standard InChI is InChI=1S/C18H22N2O4/c1-2-17(21)20-7-5-14(6-8-20)18(22)19-12-13-3-4-15-16(11-13)24-10-9-23-15/h2-4,11,14H,1,5-10,12H2,(H,19,22). The molecule has 6 heteroatoms. The summed E-state index contributed by atoms with van der Waals surface area (Å²) in [6, 6.07) is 5.70. The van der Waals surface area contributed by atoms with Crippen molar-refractivity contribution in [2.45, 2.75) is 19.4 Å². The molecule has 0 bridgehead atoms. The van der Waals surface area contributed by atoms with Crippen molar-refractivity contribution in [1.29, 1.82) is 0 Å². The minimum atomic E-state index is -0.0647. The Morgan fingerprint density at radius 1 is 1.21 bits per heavy atom. The average Bonchev–Trinajstić information content (AvgIpc) is 2.65. The molecule has 128 valence electrons.